The second-order valence-corrected chi connectivity index (χ2v) is 7.07. The third-order valence-corrected chi connectivity index (χ3v) is 5.17. The van der Waals surface area contributed by atoms with E-state index in [2.05, 4.69) is 15.6 Å². The van der Waals surface area contributed by atoms with E-state index in [9.17, 15) is 9.59 Å². The van der Waals surface area contributed by atoms with Crippen LogP contribution in [0, 0.1) is 5.92 Å². The highest BCUT2D eigenvalue weighted by atomic mass is 35.5. The molecule has 1 fully saturated rings. The average Bonchev–Trinajstić information content (AvgIpc) is 3.22. The first-order chi connectivity index (χ1) is 13.6. The highest BCUT2D eigenvalue weighted by molar-refractivity contribution is 5.85. The lowest BCUT2D eigenvalue weighted by molar-refractivity contribution is -0.121. The van der Waals surface area contributed by atoms with Crippen molar-refractivity contribution >= 4 is 29.2 Å². The summed E-state index contributed by atoms with van der Waals surface area (Å²) in [5.74, 6) is 1.71. The Balaban J connectivity index is 0.00000300. The van der Waals surface area contributed by atoms with Gasteiger partial charge in [-0.25, -0.2) is 4.98 Å². The molecule has 1 saturated heterocycles. The fourth-order valence-electron chi connectivity index (χ4n) is 3.52. The molecule has 0 bridgehead atoms. The van der Waals surface area contributed by atoms with Crippen LogP contribution in [0.5, 0.6) is 11.5 Å². The van der Waals surface area contributed by atoms with E-state index in [0.717, 1.165) is 19.5 Å². The number of nitrogens with one attached hydrogen (secondary N) is 2. The highest BCUT2D eigenvalue weighted by Gasteiger charge is 2.14. The maximum atomic E-state index is 12.7. The molecule has 1 amide bonds. The number of methoxy groups -OCH3 is 2. The van der Waals surface area contributed by atoms with Crippen molar-refractivity contribution in [3.05, 3.63) is 28.8 Å². The molecule has 0 aliphatic carbocycles. The van der Waals surface area contributed by atoms with Crippen LogP contribution in [0.3, 0.4) is 0 Å². The van der Waals surface area contributed by atoms with E-state index in [1.165, 1.54) is 24.4 Å². The number of ether oxygens (including phenoxy) is 2. The van der Waals surface area contributed by atoms with E-state index < -0.39 is 0 Å². The summed E-state index contributed by atoms with van der Waals surface area (Å²) in [7, 11) is 3.07. The van der Waals surface area contributed by atoms with Crippen LogP contribution in [0.25, 0.3) is 10.9 Å². The largest absolute Gasteiger partial charge is 0.493 e. The molecule has 160 valence electrons. The predicted molar refractivity (Wildman–Crippen MR) is 114 cm³/mol. The van der Waals surface area contributed by atoms with Crippen LogP contribution < -0.4 is 25.7 Å². The first kappa shape index (κ1) is 23.0. The maximum Gasteiger partial charge on any atom is 0.261 e. The van der Waals surface area contributed by atoms with Gasteiger partial charge in [0.2, 0.25) is 5.91 Å². The lowest BCUT2D eigenvalue weighted by atomic mass is 10.1. The second kappa shape index (κ2) is 11.0. The monoisotopic (exact) mass is 424 g/mol. The molecule has 9 heteroatoms. The number of carbonyl (C=O) groups is 1. The highest BCUT2D eigenvalue weighted by Crippen LogP contribution is 2.29. The van der Waals surface area contributed by atoms with Crippen LogP contribution in [0.1, 0.15) is 25.7 Å². The first-order valence-corrected chi connectivity index (χ1v) is 9.71. The Kier molecular flexibility index (Phi) is 8.72. The molecule has 0 spiro atoms. The Morgan fingerprint density at radius 1 is 1.31 bits per heavy atom. The molecule has 1 unspecified atom stereocenters. The topological polar surface area (TPSA) is 94.5 Å². The van der Waals surface area contributed by atoms with E-state index in [4.69, 9.17) is 9.47 Å². The maximum absolute atomic E-state index is 12.7. The minimum Gasteiger partial charge on any atom is -0.493 e. The van der Waals surface area contributed by atoms with Crippen LogP contribution in [-0.2, 0) is 11.3 Å². The van der Waals surface area contributed by atoms with Crippen LogP contribution in [0.2, 0.25) is 0 Å². The number of fused-ring (bicyclic) bond motifs is 1. The fraction of sp³-hybridized carbons (Fsp3) is 0.550. The standard InChI is InChI=1S/C20H28N4O4.ClH/c1-27-17-10-15-16(11-18(17)28-2)23-13-24(20(15)26)9-3-4-19(25)22-8-6-14-5-7-21-12-14;/h10-11,13-14,21H,3-9,12H2,1-2H3,(H,22,25);1H. The molecule has 8 nitrogen and oxygen atoms in total. The van der Waals surface area contributed by atoms with Gasteiger partial charge in [0.25, 0.3) is 5.56 Å². The van der Waals surface area contributed by atoms with Crippen molar-refractivity contribution in [1.82, 2.24) is 20.2 Å². The number of aromatic nitrogens is 2. The van der Waals surface area contributed by atoms with Gasteiger partial charge in [0.15, 0.2) is 11.5 Å². The van der Waals surface area contributed by atoms with Gasteiger partial charge in [-0.15, -0.1) is 12.4 Å². The Morgan fingerprint density at radius 2 is 2.07 bits per heavy atom. The number of rotatable bonds is 9. The molecule has 2 N–H and O–H groups in total. The summed E-state index contributed by atoms with van der Waals surface area (Å²) in [6.45, 7) is 3.27. The smallest absolute Gasteiger partial charge is 0.261 e. The quantitative estimate of drug-likeness (QED) is 0.636. The van der Waals surface area contributed by atoms with Crippen molar-refractivity contribution in [3.8, 4) is 11.5 Å². The number of halogens is 1. The summed E-state index contributed by atoms with van der Waals surface area (Å²) in [5.41, 5.74) is 0.401. The van der Waals surface area contributed by atoms with Crippen molar-refractivity contribution in [2.24, 2.45) is 5.92 Å². The molecule has 1 aliphatic heterocycles. The number of aryl methyl sites for hydroxylation is 1. The fourth-order valence-corrected chi connectivity index (χ4v) is 3.52. The molecule has 2 heterocycles. The van der Waals surface area contributed by atoms with Gasteiger partial charge in [-0.05, 0) is 44.3 Å². The molecule has 0 radical (unpaired) electrons. The zero-order valence-electron chi connectivity index (χ0n) is 16.9. The second-order valence-electron chi connectivity index (χ2n) is 7.07. The van der Waals surface area contributed by atoms with Gasteiger partial charge in [-0.1, -0.05) is 0 Å². The predicted octanol–water partition coefficient (Wildman–Crippen LogP) is 1.73. The average molecular weight is 425 g/mol. The number of hydrogen-bond donors (Lipinski definition) is 2. The van der Waals surface area contributed by atoms with E-state index >= 15 is 0 Å². The van der Waals surface area contributed by atoms with Crippen LogP contribution in [-0.4, -0.2) is 49.3 Å². The Bertz CT molecular complexity index is 881. The van der Waals surface area contributed by atoms with Crippen molar-refractivity contribution in [1.29, 1.82) is 0 Å². The molecule has 3 rings (SSSR count). The van der Waals surface area contributed by atoms with E-state index in [0.29, 0.717) is 54.3 Å². The molecule has 29 heavy (non-hydrogen) atoms. The van der Waals surface area contributed by atoms with Gasteiger partial charge in [-0.3, -0.25) is 14.2 Å². The van der Waals surface area contributed by atoms with E-state index in [1.54, 1.807) is 19.2 Å². The van der Waals surface area contributed by atoms with E-state index in [-0.39, 0.29) is 23.9 Å². The number of amides is 1. The lowest BCUT2D eigenvalue weighted by Gasteiger charge is -2.11. The zero-order valence-corrected chi connectivity index (χ0v) is 17.7. The first-order valence-electron chi connectivity index (χ1n) is 9.71. The Labute approximate surface area is 176 Å². The Morgan fingerprint density at radius 3 is 2.76 bits per heavy atom. The summed E-state index contributed by atoms with van der Waals surface area (Å²) in [6.07, 6.45) is 4.68. The molecule has 1 aliphatic rings. The summed E-state index contributed by atoms with van der Waals surface area (Å²) >= 11 is 0. The SMILES string of the molecule is COc1cc2ncn(CCCC(=O)NCCC3CCNC3)c(=O)c2cc1OC.Cl. The Hall–Kier alpha value is -2.32. The minimum atomic E-state index is -0.153. The van der Waals surface area contributed by atoms with Crippen LogP contribution >= 0.6 is 12.4 Å². The van der Waals surface area contributed by atoms with Crippen molar-refractivity contribution < 1.29 is 14.3 Å². The molecule has 1 atom stereocenters. The third kappa shape index (κ3) is 5.83. The van der Waals surface area contributed by atoms with Gasteiger partial charge in [0.05, 0.1) is 31.4 Å². The van der Waals surface area contributed by atoms with Gasteiger partial charge < -0.3 is 20.1 Å². The molecule has 1 aromatic heterocycles. The normalized spacial score (nSPS) is 15.7. The summed E-state index contributed by atoms with van der Waals surface area (Å²) in [5, 5.41) is 6.76. The van der Waals surface area contributed by atoms with E-state index in [1.807, 2.05) is 0 Å². The van der Waals surface area contributed by atoms with Gasteiger partial charge in [-0.2, -0.15) is 0 Å². The van der Waals surface area contributed by atoms with Gasteiger partial charge in [0, 0.05) is 25.6 Å². The number of benzene rings is 1. The molecule has 2 aromatic rings. The lowest BCUT2D eigenvalue weighted by Crippen LogP contribution is -2.27. The molecule has 0 saturated carbocycles. The van der Waals surface area contributed by atoms with Crippen molar-refractivity contribution in [2.75, 3.05) is 33.9 Å². The number of nitrogens with zero attached hydrogens (tertiary/aromatic N) is 2. The third-order valence-electron chi connectivity index (χ3n) is 5.17. The van der Waals surface area contributed by atoms with Gasteiger partial charge >= 0.3 is 0 Å². The van der Waals surface area contributed by atoms with Crippen molar-refractivity contribution in [2.45, 2.75) is 32.2 Å². The van der Waals surface area contributed by atoms with Gasteiger partial charge in [0.1, 0.15) is 0 Å². The molecular weight excluding hydrogens is 396 g/mol. The summed E-state index contributed by atoms with van der Waals surface area (Å²) in [4.78, 5) is 29.0. The summed E-state index contributed by atoms with van der Waals surface area (Å²) in [6, 6.07) is 3.33. The van der Waals surface area contributed by atoms with Crippen molar-refractivity contribution in [3.63, 3.8) is 0 Å². The zero-order chi connectivity index (χ0) is 19.9. The number of hydrogen-bond acceptors (Lipinski definition) is 6. The van der Waals surface area contributed by atoms with Crippen LogP contribution in [0.4, 0.5) is 0 Å². The number of carbonyl (C=O) groups excluding carboxylic acids is 1. The molecular formula is C20H29ClN4O4. The van der Waals surface area contributed by atoms with Crippen LogP contribution in [0.15, 0.2) is 23.3 Å². The summed E-state index contributed by atoms with van der Waals surface area (Å²) < 4.78 is 12.1. The minimum absolute atomic E-state index is 0. The molecule has 1 aromatic carbocycles.